The van der Waals surface area contributed by atoms with Crippen LogP contribution < -0.4 is 10.0 Å². The molecule has 1 aromatic heterocycles. The second-order valence-electron chi connectivity index (χ2n) is 7.40. The van der Waals surface area contributed by atoms with Crippen molar-refractivity contribution in [1.82, 2.24) is 14.3 Å². The lowest BCUT2D eigenvalue weighted by atomic mass is 9.96. The van der Waals surface area contributed by atoms with Gasteiger partial charge < -0.3 is 9.88 Å². The number of hydrogen-bond donors (Lipinski definition) is 2. The number of carbonyl (C=O) groups is 1. The van der Waals surface area contributed by atoms with Crippen molar-refractivity contribution in [3.8, 4) is 0 Å². The van der Waals surface area contributed by atoms with E-state index in [0.29, 0.717) is 23.8 Å². The highest BCUT2D eigenvalue weighted by molar-refractivity contribution is 7.99. The van der Waals surface area contributed by atoms with Crippen molar-refractivity contribution in [2.24, 2.45) is 7.05 Å². The largest absolute Gasteiger partial charge is 0.329 e. The molecule has 2 N–H and O–H groups in total. The predicted octanol–water partition coefficient (Wildman–Crippen LogP) is 2.69. The van der Waals surface area contributed by atoms with Crippen LogP contribution in [0.1, 0.15) is 37.7 Å². The number of sulfonamides is 1. The van der Waals surface area contributed by atoms with E-state index in [1.54, 1.807) is 36.2 Å². The normalized spacial score (nSPS) is 22.5. The van der Waals surface area contributed by atoms with Gasteiger partial charge in [0.2, 0.25) is 15.9 Å². The van der Waals surface area contributed by atoms with Crippen LogP contribution in [0.25, 0.3) is 0 Å². The number of fused-ring (bicyclic) bond motifs is 1. The van der Waals surface area contributed by atoms with Crippen LogP contribution in [0, 0.1) is 0 Å². The Bertz CT molecular complexity index is 979. The van der Waals surface area contributed by atoms with Crippen molar-refractivity contribution in [3.05, 3.63) is 36.2 Å². The highest BCUT2D eigenvalue weighted by atomic mass is 32.2. The minimum atomic E-state index is -3.57. The monoisotopic (exact) mass is 420 g/mol. The van der Waals surface area contributed by atoms with E-state index in [4.69, 9.17) is 0 Å². The van der Waals surface area contributed by atoms with Crippen molar-refractivity contribution in [2.45, 2.75) is 59.9 Å². The van der Waals surface area contributed by atoms with Crippen LogP contribution in [0.3, 0.4) is 0 Å². The first-order valence-electron chi connectivity index (χ1n) is 9.50. The summed E-state index contributed by atoms with van der Waals surface area (Å²) in [5.41, 5.74) is 1.58. The molecular weight excluding hydrogens is 396 g/mol. The lowest BCUT2D eigenvalue weighted by Crippen LogP contribution is -2.38. The molecule has 9 heteroatoms. The Balaban J connectivity index is 1.36. The quantitative estimate of drug-likeness (QED) is 0.776. The molecule has 28 heavy (non-hydrogen) atoms. The summed E-state index contributed by atoms with van der Waals surface area (Å²) in [5.74, 6) is -0.0265. The molecule has 0 spiro atoms. The molecule has 150 valence electrons. The third-order valence-electron chi connectivity index (χ3n) is 5.33. The van der Waals surface area contributed by atoms with Gasteiger partial charge in [0.05, 0.1) is 4.90 Å². The molecule has 7 nitrogen and oxygen atoms in total. The highest BCUT2D eigenvalue weighted by Gasteiger charge is 2.27. The fraction of sp³-hybridized carbons (Fsp3) is 0.474. The highest BCUT2D eigenvalue weighted by Crippen LogP contribution is 2.33. The Hall–Kier alpha value is -1.84. The molecule has 2 aliphatic rings. The van der Waals surface area contributed by atoms with E-state index in [1.807, 2.05) is 17.8 Å². The maximum Gasteiger partial charge on any atom is 0.240 e. The minimum absolute atomic E-state index is 0.0265. The average molecular weight is 421 g/mol. The molecule has 1 amide bonds. The van der Waals surface area contributed by atoms with E-state index in [9.17, 15) is 13.2 Å². The lowest BCUT2D eigenvalue weighted by Gasteiger charge is -2.28. The minimum Gasteiger partial charge on any atom is -0.329 e. The molecule has 1 fully saturated rings. The summed E-state index contributed by atoms with van der Waals surface area (Å²) in [7, 11) is -1.58. The number of amides is 1. The van der Waals surface area contributed by atoms with Gasteiger partial charge in [-0.25, -0.2) is 18.1 Å². The van der Waals surface area contributed by atoms with Crippen LogP contribution in [0.5, 0.6) is 0 Å². The van der Waals surface area contributed by atoms with Gasteiger partial charge in [-0.15, -0.1) is 0 Å². The van der Waals surface area contributed by atoms with Gasteiger partial charge in [-0.3, -0.25) is 4.79 Å². The van der Waals surface area contributed by atoms with Gasteiger partial charge in [-0.05, 0) is 55.9 Å². The molecule has 2 aromatic rings. The Labute approximate surface area is 169 Å². The van der Waals surface area contributed by atoms with Gasteiger partial charge in [-0.2, -0.15) is 0 Å². The Morgan fingerprint density at radius 3 is 2.71 bits per heavy atom. The molecule has 1 aromatic carbocycles. The summed E-state index contributed by atoms with van der Waals surface area (Å²) in [6.07, 6.45) is 8.26. The summed E-state index contributed by atoms with van der Waals surface area (Å²) in [6, 6.07) is 4.88. The summed E-state index contributed by atoms with van der Waals surface area (Å²) < 4.78 is 30.5. The third kappa shape index (κ3) is 4.26. The smallest absolute Gasteiger partial charge is 0.240 e. The molecule has 1 saturated carbocycles. The molecule has 1 aliphatic heterocycles. The van der Waals surface area contributed by atoms with Crippen LogP contribution in [-0.2, 0) is 28.3 Å². The Morgan fingerprint density at radius 1 is 1.21 bits per heavy atom. The van der Waals surface area contributed by atoms with E-state index >= 15 is 0 Å². The SMILES string of the molecule is Cn1ccnc1SC1CCC(NS(=O)(=O)c2ccc3c(c2)CCC(=O)N3)CC1. The Kier molecular flexibility index (Phi) is 5.48. The number of nitrogens with one attached hydrogen (secondary N) is 2. The van der Waals surface area contributed by atoms with Crippen molar-refractivity contribution >= 4 is 33.4 Å². The maximum absolute atomic E-state index is 12.8. The molecular formula is C19H24N4O3S2. The zero-order valence-corrected chi connectivity index (χ0v) is 17.4. The van der Waals surface area contributed by atoms with E-state index in [-0.39, 0.29) is 16.8 Å². The summed E-state index contributed by atoms with van der Waals surface area (Å²) in [5, 5.41) is 4.26. The van der Waals surface area contributed by atoms with E-state index in [2.05, 4.69) is 15.0 Å². The van der Waals surface area contributed by atoms with Crippen LogP contribution in [0.15, 0.2) is 40.6 Å². The zero-order chi connectivity index (χ0) is 19.7. The van der Waals surface area contributed by atoms with Crippen molar-refractivity contribution in [3.63, 3.8) is 0 Å². The molecule has 0 unspecified atom stereocenters. The first kappa shape index (κ1) is 19.5. The number of nitrogens with zero attached hydrogens (tertiary/aromatic N) is 2. The second kappa shape index (κ2) is 7.88. The number of anilines is 1. The summed E-state index contributed by atoms with van der Waals surface area (Å²) >= 11 is 1.77. The number of aromatic nitrogens is 2. The van der Waals surface area contributed by atoms with Crippen LogP contribution in [0.4, 0.5) is 5.69 Å². The average Bonchev–Trinajstić information content (AvgIpc) is 3.07. The molecule has 2 heterocycles. The van der Waals surface area contributed by atoms with Crippen molar-refractivity contribution in [2.75, 3.05) is 5.32 Å². The van der Waals surface area contributed by atoms with Gasteiger partial charge >= 0.3 is 0 Å². The molecule has 0 atom stereocenters. The summed E-state index contributed by atoms with van der Waals surface area (Å²) in [6.45, 7) is 0. The molecule has 0 saturated heterocycles. The predicted molar refractivity (Wildman–Crippen MR) is 109 cm³/mol. The number of rotatable bonds is 5. The van der Waals surface area contributed by atoms with Gasteiger partial charge in [-0.1, -0.05) is 11.8 Å². The maximum atomic E-state index is 12.8. The van der Waals surface area contributed by atoms with Gasteiger partial charge in [0.15, 0.2) is 5.16 Å². The number of hydrogen-bond acceptors (Lipinski definition) is 5. The van der Waals surface area contributed by atoms with Gasteiger partial charge in [0.1, 0.15) is 0 Å². The van der Waals surface area contributed by atoms with Crippen LogP contribution in [-0.4, -0.2) is 35.2 Å². The summed E-state index contributed by atoms with van der Waals surface area (Å²) in [4.78, 5) is 16.1. The fourth-order valence-electron chi connectivity index (χ4n) is 3.73. The molecule has 4 rings (SSSR count). The second-order valence-corrected chi connectivity index (χ2v) is 10.4. The lowest BCUT2D eigenvalue weighted by molar-refractivity contribution is -0.116. The van der Waals surface area contributed by atoms with Crippen LogP contribution in [0.2, 0.25) is 0 Å². The number of thioether (sulfide) groups is 1. The Morgan fingerprint density at radius 2 is 2.00 bits per heavy atom. The van der Waals surface area contributed by atoms with Crippen LogP contribution >= 0.6 is 11.8 Å². The zero-order valence-electron chi connectivity index (χ0n) is 15.7. The molecule has 0 bridgehead atoms. The van der Waals surface area contributed by atoms with E-state index in [1.165, 1.54) is 0 Å². The standard InChI is InChI=1S/C19H24N4O3S2/c1-23-11-10-20-19(23)27-15-5-3-14(4-6-15)22-28(25,26)16-7-8-17-13(12-16)2-9-18(24)21-17/h7-8,10-12,14-15,22H,2-6,9H2,1H3,(H,21,24). The van der Waals surface area contributed by atoms with E-state index < -0.39 is 10.0 Å². The van der Waals surface area contributed by atoms with E-state index in [0.717, 1.165) is 36.4 Å². The topological polar surface area (TPSA) is 93.1 Å². The molecule has 0 radical (unpaired) electrons. The number of benzene rings is 1. The van der Waals surface area contributed by atoms with Crippen molar-refractivity contribution in [1.29, 1.82) is 0 Å². The number of carbonyl (C=O) groups excluding carboxylic acids is 1. The first-order valence-corrected chi connectivity index (χ1v) is 11.9. The number of imidazole rings is 1. The number of aryl methyl sites for hydroxylation is 2. The first-order chi connectivity index (χ1) is 13.4. The van der Waals surface area contributed by atoms with Gasteiger partial charge in [0.25, 0.3) is 0 Å². The fourth-order valence-corrected chi connectivity index (χ4v) is 6.24. The van der Waals surface area contributed by atoms with Crippen molar-refractivity contribution < 1.29 is 13.2 Å². The molecule has 1 aliphatic carbocycles. The van der Waals surface area contributed by atoms with Gasteiger partial charge in [0, 0.05) is 42.8 Å². The third-order valence-corrected chi connectivity index (χ3v) is 8.25.